The van der Waals surface area contributed by atoms with Gasteiger partial charge in [-0.25, -0.2) is 9.97 Å². The Morgan fingerprint density at radius 1 is 1.19 bits per heavy atom. The molecule has 0 aliphatic heterocycles. The van der Waals surface area contributed by atoms with Crippen molar-refractivity contribution >= 4 is 5.82 Å². The van der Waals surface area contributed by atoms with Gasteiger partial charge in [0.1, 0.15) is 23.3 Å². The van der Waals surface area contributed by atoms with Crippen molar-refractivity contribution in [3.8, 4) is 11.5 Å². The molecule has 0 amide bonds. The summed E-state index contributed by atoms with van der Waals surface area (Å²) in [4.78, 5) is 11.8. The number of hydrogen-bond donors (Lipinski definition) is 1. The average molecular weight is 364 g/mol. The molecule has 3 heterocycles. The first-order valence-electron chi connectivity index (χ1n) is 7.64. The lowest BCUT2D eigenvalue weighted by Crippen LogP contribution is -2.18. The van der Waals surface area contributed by atoms with Crippen molar-refractivity contribution in [2.24, 2.45) is 0 Å². The first kappa shape index (κ1) is 17.9. The number of rotatable bonds is 6. The summed E-state index contributed by atoms with van der Waals surface area (Å²) in [5.41, 5.74) is -0.825. The van der Waals surface area contributed by atoms with Gasteiger partial charge in [-0.3, -0.25) is 4.98 Å². The summed E-state index contributed by atoms with van der Waals surface area (Å²) < 4.78 is 50.1. The summed E-state index contributed by atoms with van der Waals surface area (Å²) in [6.07, 6.45) is -1.69. The van der Waals surface area contributed by atoms with Crippen LogP contribution in [0.2, 0.25) is 0 Å². The maximum atomic E-state index is 13.2. The first-order valence-corrected chi connectivity index (χ1v) is 7.64. The van der Waals surface area contributed by atoms with Gasteiger partial charge in [-0.05, 0) is 24.3 Å². The maximum Gasteiger partial charge on any atom is 0.433 e. The third kappa shape index (κ3) is 4.17. The van der Waals surface area contributed by atoms with Gasteiger partial charge in [0.05, 0.1) is 12.9 Å². The van der Waals surface area contributed by atoms with Gasteiger partial charge in [0.25, 0.3) is 0 Å². The highest BCUT2D eigenvalue weighted by Crippen LogP contribution is 2.31. The molecular formula is C17H15F3N4O2. The van der Waals surface area contributed by atoms with E-state index in [4.69, 9.17) is 9.15 Å². The van der Waals surface area contributed by atoms with Crippen LogP contribution in [-0.2, 0) is 10.9 Å². The van der Waals surface area contributed by atoms with Gasteiger partial charge < -0.3 is 14.5 Å². The molecule has 1 unspecified atom stereocenters. The van der Waals surface area contributed by atoms with Crippen LogP contribution < -0.4 is 5.32 Å². The third-order valence-electron chi connectivity index (χ3n) is 3.45. The Kier molecular flexibility index (Phi) is 5.17. The van der Waals surface area contributed by atoms with E-state index >= 15 is 0 Å². The minimum absolute atomic E-state index is 0.00794. The van der Waals surface area contributed by atoms with Gasteiger partial charge in [0.2, 0.25) is 0 Å². The van der Waals surface area contributed by atoms with Crippen molar-refractivity contribution in [1.29, 1.82) is 0 Å². The predicted octanol–water partition coefficient (Wildman–Crippen LogP) is 3.95. The zero-order valence-electron chi connectivity index (χ0n) is 13.7. The molecule has 136 valence electrons. The van der Waals surface area contributed by atoms with Crippen LogP contribution in [0.5, 0.6) is 0 Å². The summed E-state index contributed by atoms with van der Waals surface area (Å²) in [5, 5.41) is 2.91. The van der Waals surface area contributed by atoms with Crippen LogP contribution in [0.3, 0.4) is 0 Å². The van der Waals surface area contributed by atoms with E-state index in [1.807, 2.05) is 0 Å². The molecule has 3 aromatic heterocycles. The fourth-order valence-electron chi connectivity index (χ4n) is 2.31. The lowest BCUT2D eigenvalue weighted by molar-refractivity contribution is -0.141. The Bertz CT molecular complexity index is 839. The first-order chi connectivity index (χ1) is 12.5. The molecule has 0 spiro atoms. The smallest absolute Gasteiger partial charge is 0.433 e. The van der Waals surface area contributed by atoms with Gasteiger partial charge in [0.15, 0.2) is 11.5 Å². The average Bonchev–Trinajstić information content (AvgIpc) is 3.16. The van der Waals surface area contributed by atoms with E-state index in [0.29, 0.717) is 5.76 Å². The molecule has 0 bridgehead atoms. The highest BCUT2D eigenvalue weighted by molar-refractivity contribution is 5.53. The summed E-state index contributed by atoms with van der Waals surface area (Å²) in [6, 6.07) is 8.55. The van der Waals surface area contributed by atoms with E-state index in [1.165, 1.54) is 19.6 Å². The number of halogens is 3. The zero-order chi connectivity index (χ0) is 18.6. The second-order valence-corrected chi connectivity index (χ2v) is 5.34. The van der Waals surface area contributed by atoms with E-state index in [-0.39, 0.29) is 23.9 Å². The Morgan fingerprint density at radius 3 is 2.65 bits per heavy atom. The van der Waals surface area contributed by atoms with Crippen LogP contribution in [0.15, 0.2) is 53.3 Å². The third-order valence-corrected chi connectivity index (χ3v) is 3.45. The zero-order valence-corrected chi connectivity index (χ0v) is 13.7. The molecule has 9 heteroatoms. The van der Waals surface area contributed by atoms with Gasteiger partial charge in [-0.2, -0.15) is 13.2 Å². The summed E-state index contributed by atoms with van der Waals surface area (Å²) in [7, 11) is 1.48. The van der Waals surface area contributed by atoms with Crippen molar-refractivity contribution in [1.82, 2.24) is 15.0 Å². The van der Waals surface area contributed by atoms with E-state index < -0.39 is 17.9 Å². The lowest BCUT2D eigenvalue weighted by atomic mass is 10.2. The highest BCUT2D eigenvalue weighted by Gasteiger charge is 2.34. The van der Waals surface area contributed by atoms with Crippen molar-refractivity contribution in [3.05, 3.63) is 60.3 Å². The molecule has 3 rings (SSSR count). The van der Waals surface area contributed by atoms with Gasteiger partial charge >= 0.3 is 6.18 Å². The number of nitrogens with one attached hydrogen (secondary N) is 1. The number of hydrogen-bond acceptors (Lipinski definition) is 6. The maximum absolute atomic E-state index is 13.2. The van der Waals surface area contributed by atoms with Crippen molar-refractivity contribution < 1.29 is 22.3 Å². The topological polar surface area (TPSA) is 73.1 Å². The lowest BCUT2D eigenvalue weighted by Gasteiger charge is -2.18. The van der Waals surface area contributed by atoms with Crippen LogP contribution in [-0.4, -0.2) is 28.7 Å². The molecule has 26 heavy (non-hydrogen) atoms. The fraction of sp³-hybridized carbons (Fsp3) is 0.235. The molecule has 0 saturated heterocycles. The molecule has 1 atom stereocenters. The number of pyridine rings is 1. The van der Waals surface area contributed by atoms with Crippen LogP contribution in [0.4, 0.5) is 19.0 Å². The second-order valence-electron chi connectivity index (χ2n) is 5.34. The van der Waals surface area contributed by atoms with Crippen LogP contribution in [0, 0.1) is 0 Å². The van der Waals surface area contributed by atoms with E-state index in [0.717, 1.165) is 6.07 Å². The molecule has 0 saturated carbocycles. The van der Waals surface area contributed by atoms with Crippen molar-refractivity contribution in [2.75, 3.05) is 19.0 Å². The van der Waals surface area contributed by atoms with Crippen molar-refractivity contribution in [3.63, 3.8) is 0 Å². The molecule has 0 aromatic carbocycles. The van der Waals surface area contributed by atoms with Gasteiger partial charge in [-0.1, -0.05) is 6.07 Å². The molecule has 1 N–H and O–H groups in total. The number of ether oxygens (including phenoxy) is 1. The number of alkyl halides is 3. The number of nitrogens with zero attached hydrogens (tertiary/aromatic N) is 3. The van der Waals surface area contributed by atoms with Crippen LogP contribution in [0.25, 0.3) is 11.5 Å². The van der Waals surface area contributed by atoms with E-state index in [1.54, 1.807) is 30.3 Å². The van der Waals surface area contributed by atoms with Crippen LogP contribution in [0.1, 0.15) is 17.5 Å². The molecule has 0 aliphatic carbocycles. The minimum Gasteiger partial charge on any atom is -0.467 e. The molecule has 0 fully saturated rings. The van der Waals surface area contributed by atoms with Crippen LogP contribution >= 0.6 is 0 Å². The Morgan fingerprint density at radius 2 is 2.04 bits per heavy atom. The monoisotopic (exact) mass is 364 g/mol. The minimum atomic E-state index is -4.62. The number of aromatic nitrogens is 3. The van der Waals surface area contributed by atoms with Gasteiger partial charge in [-0.15, -0.1) is 0 Å². The second kappa shape index (κ2) is 7.52. The molecule has 3 aromatic rings. The Labute approximate surface area is 147 Å². The number of furan rings is 1. The number of anilines is 1. The highest BCUT2D eigenvalue weighted by atomic mass is 19.4. The quantitative estimate of drug-likeness (QED) is 0.714. The summed E-state index contributed by atoms with van der Waals surface area (Å²) in [5.74, 6) is 0.378. The standard InChI is InChI=1S/C17H15F3N4O2/c1-25-10-12(13-6-4-8-26-13)22-15-9-14(17(18,19)20)23-16(24-15)11-5-2-3-7-21-11/h2-9,12H,10H2,1H3,(H,22,23,24). The SMILES string of the molecule is COCC(Nc1cc(C(F)(F)F)nc(-c2ccccn2)n1)c1ccco1. The van der Waals surface area contributed by atoms with Gasteiger partial charge in [0, 0.05) is 19.4 Å². The Hall–Kier alpha value is -2.94. The predicted molar refractivity (Wildman–Crippen MR) is 87.2 cm³/mol. The number of methoxy groups -OCH3 is 1. The summed E-state index contributed by atoms with van der Waals surface area (Å²) >= 11 is 0. The molecular weight excluding hydrogens is 349 g/mol. The van der Waals surface area contributed by atoms with E-state index in [2.05, 4.69) is 20.3 Å². The molecule has 0 aliphatic rings. The summed E-state index contributed by atoms with van der Waals surface area (Å²) in [6.45, 7) is 0.178. The molecule has 6 nitrogen and oxygen atoms in total. The fourth-order valence-corrected chi connectivity index (χ4v) is 2.31. The Balaban J connectivity index is 2.00. The normalized spacial score (nSPS) is 12.8. The largest absolute Gasteiger partial charge is 0.467 e. The van der Waals surface area contributed by atoms with E-state index in [9.17, 15) is 13.2 Å². The molecule has 0 radical (unpaired) electrons. The van der Waals surface area contributed by atoms with Crippen molar-refractivity contribution in [2.45, 2.75) is 12.2 Å².